The maximum Gasteiger partial charge on any atom is 0.390 e. The lowest BCUT2D eigenvalue weighted by atomic mass is 9.91. The Kier molecular flexibility index (Phi) is 6.93. The van der Waals surface area contributed by atoms with E-state index in [2.05, 4.69) is 5.32 Å². The highest BCUT2D eigenvalue weighted by Gasteiger charge is 2.37. The van der Waals surface area contributed by atoms with Crippen molar-refractivity contribution in [3.63, 3.8) is 0 Å². The molecule has 2 atom stereocenters. The summed E-state index contributed by atoms with van der Waals surface area (Å²) in [5.74, 6) is 0.271. The van der Waals surface area contributed by atoms with Gasteiger partial charge in [-0.25, -0.2) is 0 Å². The molecule has 1 saturated heterocycles. The average Bonchev–Trinajstić information content (AvgIpc) is 2.76. The Morgan fingerprint density at radius 2 is 2.05 bits per heavy atom. The van der Waals surface area contributed by atoms with Crippen LogP contribution in [0.15, 0.2) is 0 Å². The van der Waals surface area contributed by atoms with Gasteiger partial charge in [0.1, 0.15) is 6.61 Å². The Bertz CT molecular complexity index is 335. The van der Waals surface area contributed by atoms with Gasteiger partial charge in [0.2, 0.25) is 5.91 Å². The predicted octanol–water partition coefficient (Wildman–Crippen LogP) is 2.05. The zero-order valence-electron chi connectivity index (χ0n) is 12.9. The van der Waals surface area contributed by atoms with Gasteiger partial charge in [-0.05, 0) is 18.8 Å². The van der Waals surface area contributed by atoms with Crippen LogP contribution in [0.1, 0.15) is 27.2 Å². The molecule has 1 N–H and O–H groups in total. The molecule has 1 amide bonds. The van der Waals surface area contributed by atoms with Crippen LogP contribution in [0.3, 0.4) is 0 Å². The summed E-state index contributed by atoms with van der Waals surface area (Å²) in [4.78, 5) is 13.5. The van der Waals surface area contributed by atoms with Crippen molar-refractivity contribution in [2.24, 2.45) is 11.8 Å². The fraction of sp³-hybridized carbons (Fsp3) is 0.929. The highest BCUT2D eigenvalue weighted by Crippen LogP contribution is 2.27. The summed E-state index contributed by atoms with van der Waals surface area (Å²) in [6.07, 6.45) is -4.94. The maximum atomic E-state index is 12.3. The lowest BCUT2D eigenvalue weighted by molar-refractivity contribution is -0.137. The van der Waals surface area contributed by atoms with Gasteiger partial charge in [-0.3, -0.25) is 4.79 Å². The van der Waals surface area contributed by atoms with Crippen LogP contribution < -0.4 is 5.32 Å². The molecule has 1 aliphatic rings. The number of amides is 1. The normalized spacial score (nSPS) is 23.8. The van der Waals surface area contributed by atoms with E-state index in [4.69, 9.17) is 4.74 Å². The summed E-state index contributed by atoms with van der Waals surface area (Å²) in [6.45, 7) is 7.37. The molecule has 1 heterocycles. The molecule has 0 saturated carbocycles. The molecule has 0 aromatic heterocycles. The Balaban J connectivity index is 2.51. The first-order chi connectivity index (χ1) is 9.73. The van der Waals surface area contributed by atoms with Crippen LogP contribution in [0.4, 0.5) is 13.2 Å². The second-order valence-electron chi connectivity index (χ2n) is 5.84. The Labute approximate surface area is 124 Å². The maximum absolute atomic E-state index is 12.3. The summed E-state index contributed by atoms with van der Waals surface area (Å²) < 4.78 is 41.9. The van der Waals surface area contributed by atoms with E-state index in [0.717, 1.165) is 0 Å². The minimum absolute atomic E-state index is 0.000363. The third-order valence-electron chi connectivity index (χ3n) is 3.79. The van der Waals surface area contributed by atoms with Crippen molar-refractivity contribution in [2.45, 2.75) is 39.4 Å². The fourth-order valence-corrected chi connectivity index (χ4v) is 2.65. The van der Waals surface area contributed by atoms with Gasteiger partial charge in [-0.2, -0.15) is 13.2 Å². The minimum Gasteiger partial charge on any atom is -0.372 e. The van der Waals surface area contributed by atoms with Gasteiger partial charge in [0.15, 0.2) is 0 Å². The second kappa shape index (κ2) is 7.98. The molecule has 0 aliphatic carbocycles. The van der Waals surface area contributed by atoms with E-state index >= 15 is 0 Å². The molecule has 0 aromatic rings. The fourth-order valence-electron chi connectivity index (χ4n) is 2.65. The van der Waals surface area contributed by atoms with Gasteiger partial charge in [0.05, 0.1) is 6.42 Å². The zero-order valence-corrected chi connectivity index (χ0v) is 12.9. The number of nitrogens with zero attached hydrogens (tertiary/aromatic N) is 1. The zero-order chi connectivity index (χ0) is 16.0. The number of hydrogen-bond donors (Lipinski definition) is 1. The van der Waals surface area contributed by atoms with Gasteiger partial charge < -0.3 is 15.0 Å². The monoisotopic (exact) mass is 310 g/mol. The number of carbonyl (C=O) groups is 1. The first-order valence-corrected chi connectivity index (χ1v) is 7.39. The van der Waals surface area contributed by atoms with Crippen LogP contribution in [0.2, 0.25) is 0 Å². The van der Waals surface area contributed by atoms with Gasteiger partial charge in [-0.1, -0.05) is 13.8 Å². The van der Waals surface area contributed by atoms with Crippen molar-refractivity contribution in [3.8, 4) is 0 Å². The van der Waals surface area contributed by atoms with Crippen LogP contribution in [0, 0.1) is 11.8 Å². The number of likely N-dealkylation sites (tertiary alicyclic amines) is 1. The summed E-state index contributed by atoms with van der Waals surface area (Å²) in [7, 11) is 0. The van der Waals surface area contributed by atoms with Gasteiger partial charge in [-0.15, -0.1) is 0 Å². The lowest BCUT2D eigenvalue weighted by Gasteiger charge is -2.22. The molecule has 0 aromatic carbocycles. The highest BCUT2D eigenvalue weighted by molar-refractivity contribution is 5.77. The quantitative estimate of drug-likeness (QED) is 0.782. The van der Waals surface area contributed by atoms with Crippen molar-refractivity contribution < 1.29 is 22.7 Å². The first kappa shape index (κ1) is 18.2. The van der Waals surface area contributed by atoms with E-state index in [0.29, 0.717) is 25.6 Å². The molecule has 0 radical (unpaired) electrons. The third kappa shape index (κ3) is 6.65. The molecular weight excluding hydrogens is 285 g/mol. The van der Waals surface area contributed by atoms with Crippen LogP contribution in [0.5, 0.6) is 0 Å². The van der Waals surface area contributed by atoms with Crippen molar-refractivity contribution in [1.29, 1.82) is 0 Å². The van der Waals surface area contributed by atoms with E-state index in [1.807, 2.05) is 13.8 Å². The first-order valence-electron chi connectivity index (χ1n) is 7.39. The van der Waals surface area contributed by atoms with Gasteiger partial charge in [0, 0.05) is 32.3 Å². The summed E-state index contributed by atoms with van der Waals surface area (Å²) in [6, 6.07) is -0.105. The van der Waals surface area contributed by atoms with E-state index < -0.39 is 12.6 Å². The Morgan fingerprint density at radius 1 is 1.38 bits per heavy atom. The highest BCUT2D eigenvalue weighted by atomic mass is 19.4. The molecule has 0 bridgehead atoms. The minimum atomic E-state index is -4.14. The second-order valence-corrected chi connectivity index (χ2v) is 5.84. The number of halogens is 3. The SMILES string of the molecule is CCOCC(=O)N[C@@H]1CN(CCC(F)(F)F)C[C@H]1C(C)C. The molecule has 1 rings (SSSR count). The van der Waals surface area contributed by atoms with Crippen LogP contribution in [0.25, 0.3) is 0 Å². The summed E-state index contributed by atoms with van der Waals surface area (Å²) in [5, 5.41) is 2.89. The van der Waals surface area contributed by atoms with Crippen molar-refractivity contribution in [3.05, 3.63) is 0 Å². The van der Waals surface area contributed by atoms with Crippen molar-refractivity contribution >= 4 is 5.91 Å². The standard InChI is InChI=1S/C14H25F3N2O2/c1-4-21-9-13(20)18-12-8-19(6-5-14(15,16)17)7-11(12)10(2)3/h10-12H,4-9H2,1-3H3,(H,18,20)/t11-,12+/m0/s1. The number of carbonyl (C=O) groups excluding carboxylic acids is 1. The average molecular weight is 310 g/mol. The van der Waals surface area contributed by atoms with E-state index in [1.54, 1.807) is 11.8 Å². The summed E-state index contributed by atoms with van der Waals surface area (Å²) in [5.41, 5.74) is 0. The molecular formula is C14H25F3N2O2. The molecule has 0 unspecified atom stereocenters. The molecule has 1 aliphatic heterocycles. The number of hydrogen-bond acceptors (Lipinski definition) is 3. The predicted molar refractivity (Wildman–Crippen MR) is 73.9 cm³/mol. The third-order valence-corrected chi connectivity index (χ3v) is 3.79. The molecule has 7 heteroatoms. The molecule has 1 fully saturated rings. The van der Waals surface area contributed by atoms with Crippen molar-refractivity contribution in [1.82, 2.24) is 10.2 Å². The molecule has 4 nitrogen and oxygen atoms in total. The smallest absolute Gasteiger partial charge is 0.372 e. The van der Waals surface area contributed by atoms with E-state index in [9.17, 15) is 18.0 Å². The number of rotatable bonds is 7. The largest absolute Gasteiger partial charge is 0.390 e. The van der Waals surface area contributed by atoms with Gasteiger partial charge >= 0.3 is 6.18 Å². The van der Waals surface area contributed by atoms with Crippen LogP contribution >= 0.6 is 0 Å². The van der Waals surface area contributed by atoms with Crippen molar-refractivity contribution in [2.75, 3.05) is 32.8 Å². The van der Waals surface area contributed by atoms with Crippen LogP contribution in [-0.4, -0.2) is 55.9 Å². The lowest BCUT2D eigenvalue weighted by Crippen LogP contribution is -2.43. The molecule has 124 valence electrons. The van der Waals surface area contributed by atoms with E-state index in [-0.39, 0.29) is 31.0 Å². The number of nitrogens with one attached hydrogen (secondary N) is 1. The Morgan fingerprint density at radius 3 is 2.57 bits per heavy atom. The Hall–Kier alpha value is -0.820. The number of ether oxygens (including phenoxy) is 1. The summed E-state index contributed by atoms with van der Waals surface area (Å²) >= 11 is 0. The van der Waals surface area contributed by atoms with Crippen LogP contribution in [-0.2, 0) is 9.53 Å². The number of alkyl halides is 3. The molecule has 21 heavy (non-hydrogen) atoms. The molecule has 0 spiro atoms. The topological polar surface area (TPSA) is 41.6 Å². The van der Waals surface area contributed by atoms with Gasteiger partial charge in [0.25, 0.3) is 0 Å². The van der Waals surface area contributed by atoms with E-state index in [1.165, 1.54) is 0 Å².